The van der Waals surface area contributed by atoms with E-state index in [4.69, 9.17) is 4.74 Å². The van der Waals surface area contributed by atoms with Crippen LogP contribution in [0.3, 0.4) is 0 Å². The average molecular weight is 491 g/mol. The molecule has 186 valence electrons. The van der Waals surface area contributed by atoms with Crippen LogP contribution in [-0.2, 0) is 21.2 Å². The standard InChI is InChI=1S/C26H35FN2O4S/c1-17-5-8-20(9-6-17)16-33-26-21(10-7-18(2)28-26)12-14-25(30)19(3)22-11-13-24(23(27)15-22)29-34(4,31)32/h7,10-11,13,15,17,19-20,29H,5-6,8-9,12,14,16H2,1-4H3. The first-order valence-electron chi connectivity index (χ1n) is 11.9. The lowest BCUT2D eigenvalue weighted by atomic mass is 9.83. The molecule has 0 spiro atoms. The molecule has 1 atom stereocenters. The topological polar surface area (TPSA) is 85.4 Å². The summed E-state index contributed by atoms with van der Waals surface area (Å²) in [5.74, 6) is 0.671. The highest BCUT2D eigenvalue weighted by Crippen LogP contribution is 2.30. The number of anilines is 1. The lowest BCUT2D eigenvalue weighted by Gasteiger charge is -2.26. The summed E-state index contributed by atoms with van der Waals surface area (Å²) >= 11 is 0. The van der Waals surface area contributed by atoms with Crippen molar-refractivity contribution < 1.29 is 22.3 Å². The fraction of sp³-hybridized carbons (Fsp3) is 0.538. The molecular formula is C26H35FN2O4S. The summed E-state index contributed by atoms with van der Waals surface area (Å²) in [6.07, 6.45) is 6.54. The first-order valence-corrected chi connectivity index (χ1v) is 13.8. The number of carbonyl (C=O) groups excluding carboxylic acids is 1. The maximum absolute atomic E-state index is 14.3. The van der Waals surface area contributed by atoms with Crippen molar-refractivity contribution in [2.45, 2.75) is 65.2 Å². The van der Waals surface area contributed by atoms with Crippen LogP contribution in [0.4, 0.5) is 10.1 Å². The molecule has 6 nitrogen and oxygen atoms in total. The van der Waals surface area contributed by atoms with Gasteiger partial charge in [0.25, 0.3) is 0 Å². The molecule has 0 radical (unpaired) electrons. The summed E-state index contributed by atoms with van der Waals surface area (Å²) in [6, 6.07) is 8.01. The van der Waals surface area contributed by atoms with Gasteiger partial charge in [-0.2, -0.15) is 0 Å². The molecule has 1 heterocycles. The molecule has 0 saturated heterocycles. The van der Waals surface area contributed by atoms with Crippen LogP contribution in [0.1, 0.15) is 68.7 Å². The second-order valence-electron chi connectivity index (χ2n) is 9.66. The molecule has 1 unspecified atom stereocenters. The fourth-order valence-corrected chi connectivity index (χ4v) is 4.88. The third-order valence-electron chi connectivity index (χ3n) is 6.58. The van der Waals surface area contributed by atoms with Gasteiger partial charge in [-0.25, -0.2) is 17.8 Å². The number of sulfonamides is 1. The minimum atomic E-state index is -3.59. The van der Waals surface area contributed by atoms with Crippen LogP contribution in [0.2, 0.25) is 0 Å². The highest BCUT2D eigenvalue weighted by Gasteiger charge is 2.21. The van der Waals surface area contributed by atoms with Gasteiger partial charge in [0, 0.05) is 23.6 Å². The molecule has 34 heavy (non-hydrogen) atoms. The van der Waals surface area contributed by atoms with Crippen molar-refractivity contribution in [3.63, 3.8) is 0 Å². The number of ketones is 1. The third-order valence-corrected chi connectivity index (χ3v) is 7.17. The number of rotatable bonds is 10. The number of hydrogen-bond acceptors (Lipinski definition) is 5. The van der Waals surface area contributed by atoms with Crippen LogP contribution in [0.5, 0.6) is 5.88 Å². The number of carbonyl (C=O) groups is 1. The summed E-state index contributed by atoms with van der Waals surface area (Å²) < 4.78 is 45.3. The molecule has 1 saturated carbocycles. The minimum Gasteiger partial charge on any atom is -0.477 e. The van der Waals surface area contributed by atoms with Gasteiger partial charge < -0.3 is 4.74 Å². The van der Waals surface area contributed by atoms with Gasteiger partial charge in [-0.1, -0.05) is 38.8 Å². The first-order chi connectivity index (χ1) is 16.0. The summed E-state index contributed by atoms with van der Waals surface area (Å²) in [7, 11) is -3.59. The lowest BCUT2D eigenvalue weighted by Crippen LogP contribution is -2.19. The maximum Gasteiger partial charge on any atom is 0.229 e. The van der Waals surface area contributed by atoms with E-state index >= 15 is 0 Å². The normalized spacial score (nSPS) is 19.4. The van der Waals surface area contributed by atoms with E-state index in [-0.39, 0.29) is 17.9 Å². The van der Waals surface area contributed by atoms with E-state index in [1.54, 1.807) is 13.0 Å². The Hall–Kier alpha value is -2.48. The molecule has 3 rings (SSSR count). The number of halogens is 1. The largest absolute Gasteiger partial charge is 0.477 e. The monoisotopic (exact) mass is 490 g/mol. The summed E-state index contributed by atoms with van der Waals surface area (Å²) in [5.41, 5.74) is 2.14. The highest BCUT2D eigenvalue weighted by molar-refractivity contribution is 7.92. The van der Waals surface area contributed by atoms with E-state index in [1.807, 2.05) is 19.1 Å². The average Bonchev–Trinajstić information content (AvgIpc) is 2.78. The van der Waals surface area contributed by atoms with E-state index in [1.165, 1.54) is 37.8 Å². The molecule has 0 amide bonds. The highest BCUT2D eigenvalue weighted by atomic mass is 32.2. The van der Waals surface area contributed by atoms with Crippen LogP contribution in [0.15, 0.2) is 30.3 Å². The third kappa shape index (κ3) is 7.52. The Morgan fingerprint density at radius 2 is 1.91 bits per heavy atom. The summed E-state index contributed by atoms with van der Waals surface area (Å²) in [6.45, 7) is 6.59. The molecule has 1 N–H and O–H groups in total. The molecule has 1 fully saturated rings. The summed E-state index contributed by atoms with van der Waals surface area (Å²) in [4.78, 5) is 17.4. The van der Waals surface area contributed by atoms with Crippen LogP contribution < -0.4 is 9.46 Å². The van der Waals surface area contributed by atoms with Crippen molar-refractivity contribution in [1.82, 2.24) is 4.98 Å². The van der Waals surface area contributed by atoms with E-state index in [9.17, 15) is 17.6 Å². The van der Waals surface area contributed by atoms with E-state index in [0.717, 1.165) is 23.4 Å². The van der Waals surface area contributed by atoms with Crippen molar-refractivity contribution in [2.24, 2.45) is 11.8 Å². The Balaban J connectivity index is 1.61. The number of benzene rings is 1. The predicted molar refractivity (Wildman–Crippen MR) is 132 cm³/mol. The zero-order valence-corrected chi connectivity index (χ0v) is 21.3. The zero-order chi connectivity index (χ0) is 24.9. The minimum absolute atomic E-state index is 0.0315. The molecule has 0 bridgehead atoms. The molecule has 1 aliphatic rings. The number of aryl methyl sites for hydroxylation is 2. The predicted octanol–water partition coefficient (Wildman–Crippen LogP) is 5.41. The molecule has 0 aliphatic heterocycles. The van der Waals surface area contributed by atoms with Crippen LogP contribution >= 0.6 is 0 Å². The van der Waals surface area contributed by atoms with Gasteiger partial charge in [0.05, 0.1) is 18.6 Å². The van der Waals surface area contributed by atoms with Crippen molar-refractivity contribution in [3.8, 4) is 5.88 Å². The maximum atomic E-state index is 14.3. The number of pyridine rings is 1. The van der Waals surface area contributed by atoms with Gasteiger partial charge in [0.1, 0.15) is 11.6 Å². The van der Waals surface area contributed by atoms with Crippen LogP contribution in [0, 0.1) is 24.6 Å². The van der Waals surface area contributed by atoms with Gasteiger partial charge in [-0.15, -0.1) is 0 Å². The second-order valence-corrected chi connectivity index (χ2v) is 11.4. The molecule has 2 aromatic rings. The number of nitrogens with zero attached hydrogens (tertiary/aromatic N) is 1. The SMILES string of the molecule is Cc1ccc(CCC(=O)C(C)c2ccc(NS(C)(=O)=O)c(F)c2)c(OCC2CCC(C)CC2)n1. The Bertz CT molecular complexity index is 1110. The molecule has 8 heteroatoms. The smallest absolute Gasteiger partial charge is 0.229 e. The number of aromatic nitrogens is 1. The van der Waals surface area contributed by atoms with Crippen molar-refractivity contribution in [2.75, 3.05) is 17.6 Å². The Morgan fingerprint density at radius 1 is 1.21 bits per heavy atom. The van der Waals surface area contributed by atoms with E-state index < -0.39 is 21.8 Å². The van der Waals surface area contributed by atoms with Crippen molar-refractivity contribution in [1.29, 1.82) is 0 Å². The van der Waals surface area contributed by atoms with Crippen molar-refractivity contribution >= 4 is 21.5 Å². The molecular weight excluding hydrogens is 455 g/mol. The Morgan fingerprint density at radius 3 is 2.56 bits per heavy atom. The van der Waals surface area contributed by atoms with Gasteiger partial charge in [-0.3, -0.25) is 9.52 Å². The van der Waals surface area contributed by atoms with Crippen LogP contribution in [0.25, 0.3) is 0 Å². The molecule has 1 aliphatic carbocycles. The van der Waals surface area contributed by atoms with E-state index in [2.05, 4.69) is 16.6 Å². The summed E-state index contributed by atoms with van der Waals surface area (Å²) in [5, 5.41) is 0. The number of hydrogen-bond donors (Lipinski definition) is 1. The quantitative estimate of drug-likeness (QED) is 0.481. The van der Waals surface area contributed by atoms with Crippen LogP contribution in [-0.4, -0.2) is 32.0 Å². The first kappa shape index (κ1) is 26.1. The zero-order valence-electron chi connectivity index (χ0n) is 20.4. The van der Waals surface area contributed by atoms with Gasteiger partial charge >= 0.3 is 0 Å². The van der Waals surface area contributed by atoms with Gasteiger partial charge in [-0.05, 0) is 61.8 Å². The fourth-order valence-electron chi connectivity index (χ4n) is 4.31. The van der Waals surface area contributed by atoms with Gasteiger partial charge in [0.15, 0.2) is 0 Å². The molecule has 1 aromatic carbocycles. The second kappa shape index (κ2) is 11.3. The van der Waals surface area contributed by atoms with Crippen molar-refractivity contribution in [3.05, 3.63) is 53.0 Å². The number of nitrogens with one attached hydrogen (secondary N) is 1. The number of ether oxygens (including phenoxy) is 1. The van der Waals surface area contributed by atoms with Gasteiger partial charge in [0.2, 0.25) is 15.9 Å². The van der Waals surface area contributed by atoms with E-state index in [0.29, 0.717) is 30.4 Å². The lowest BCUT2D eigenvalue weighted by molar-refractivity contribution is -0.120. The Labute approximate surface area is 202 Å². The number of Topliss-reactive ketones (excluding diaryl/α,β-unsaturated/α-hetero) is 1. The Kier molecular flexibility index (Phi) is 8.68. The molecule has 1 aromatic heterocycles.